The van der Waals surface area contributed by atoms with Crippen LogP contribution in [0.3, 0.4) is 0 Å². The zero-order valence-electron chi connectivity index (χ0n) is 14.9. The van der Waals surface area contributed by atoms with E-state index in [-0.39, 0.29) is 24.4 Å². The van der Waals surface area contributed by atoms with Crippen molar-refractivity contribution in [3.8, 4) is 0 Å². The van der Waals surface area contributed by atoms with E-state index in [9.17, 15) is 23.2 Å². The molecule has 0 saturated heterocycles. The molecule has 0 spiro atoms. The van der Waals surface area contributed by atoms with Crippen molar-refractivity contribution in [1.82, 2.24) is 10.2 Å². The van der Waals surface area contributed by atoms with Gasteiger partial charge in [-0.3, -0.25) is 14.4 Å². The summed E-state index contributed by atoms with van der Waals surface area (Å²) in [5.74, 6) is -3.19. The molecule has 0 heterocycles. The van der Waals surface area contributed by atoms with E-state index in [1.165, 1.54) is 4.90 Å². The van der Waals surface area contributed by atoms with Crippen molar-refractivity contribution >= 4 is 23.4 Å². The second-order valence-electron chi connectivity index (χ2n) is 5.92. The Morgan fingerprint density at radius 2 is 1.70 bits per heavy atom. The highest BCUT2D eigenvalue weighted by molar-refractivity contribution is 6.03. The number of hydrogen-bond acceptors (Lipinski definition) is 3. The van der Waals surface area contributed by atoms with E-state index < -0.39 is 23.4 Å². The van der Waals surface area contributed by atoms with Gasteiger partial charge in [-0.1, -0.05) is 12.1 Å². The Morgan fingerprint density at radius 3 is 2.37 bits per heavy atom. The van der Waals surface area contributed by atoms with E-state index in [4.69, 9.17) is 0 Å². The lowest BCUT2D eigenvalue weighted by Gasteiger charge is -2.14. The molecule has 2 aromatic carbocycles. The molecule has 0 fully saturated rings. The highest BCUT2D eigenvalue weighted by atomic mass is 19.1. The van der Waals surface area contributed by atoms with Crippen LogP contribution < -0.4 is 10.6 Å². The average Bonchev–Trinajstić information content (AvgIpc) is 2.61. The van der Waals surface area contributed by atoms with Gasteiger partial charge in [-0.25, -0.2) is 8.78 Å². The lowest BCUT2D eigenvalue weighted by molar-refractivity contribution is -0.116. The van der Waals surface area contributed by atoms with E-state index in [1.807, 2.05) is 0 Å². The van der Waals surface area contributed by atoms with Crippen LogP contribution in [0.2, 0.25) is 0 Å². The molecule has 27 heavy (non-hydrogen) atoms. The first-order chi connectivity index (χ1) is 12.8. The molecule has 2 aromatic rings. The first-order valence-corrected chi connectivity index (χ1v) is 8.13. The minimum atomic E-state index is -0.979. The molecular weight excluding hydrogens is 356 g/mol. The Kier molecular flexibility index (Phi) is 6.59. The summed E-state index contributed by atoms with van der Waals surface area (Å²) < 4.78 is 26.4. The van der Waals surface area contributed by atoms with Gasteiger partial charge >= 0.3 is 0 Å². The van der Waals surface area contributed by atoms with E-state index in [0.29, 0.717) is 17.3 Å². The third-order valence-electron chi connectivity index (χ3n) is 3.65. The number of benzene rings is 2. The second kappa shape index (κ2) is 8.88. The van der Waals surface area contributed by atoms with Crippen molar-refractivity contribution in [1.29, 1.82) is 0 Å². The lowest BCUT2D eigenvalue weighted by Crippen LogP contribution is -2.29. The summed E-state index contributed by atoms with van der Waals surface area (Å²) in [5.41, 5.74) is 0.393. The summed E-state index contributed by atoms with van der Waals surface area (Å²) in [5, 5.41) is 5.01. The fourth-order valence-electron chi connectivity index (χ4n) is 2.29. The van der Waals surface area contributed by atoms with Gasteiger partial charge in [0, 0.05) is 33.1 Å². The molecular formula is C19H19F2N3O3. The van der Waals surface area contributed by atoms with Gasteiger partial charge in [0.1, 0.15) is 11.6 Å². The van der Waals surface area contributed by atoms with Crippen molar-refractivity contribution in [2.45, 2.75) is 6.42 Å². The molecule has 2 N–H and O–H groups in total. The quantitative estimate of drug-likeness (QED) is 0.814. The van der Waals surface area contributed by atoms with Gasteiger partial charge in [-0.15, -0.1) is 0 Å². The molecule has 0 atom stereocenters. The van der Waals surface area contributed by atoms with Gasteiger partial charge in [-0.05, 0) is 24.3 Å². The van der Waals surface area contributed by atoms with Crippen molar-refractivity contribution in [3.05, 3.63) is 65.2 Å². The van der Waals surface area contributed by atoms with Crippen LogP contribution in [0.25, 0.3) is 0 Å². The topological polar surface area (TPSA) is 78.5 Å². The van der Waals surface area contributed by atoms with Gasteiger partial charge in [0.25, 0.3) is 11.8 Å². The molecule has 0 aliphatic heterocycles. The number of anilines is 1. The molecule has 0 radical (unpaired) electrons. The highest BCUT2D eigenvalue weighted by Crippen LogP contribution is 2.16. The Hall–Kier alpha value is -3.29. The maximum absolute atomic E-state index is 13.5. The number of nitrogens with zero attached hydrogens (tertiary/aromatic N) is 1. The first kappa shape index (κ1) is 20.0. The molecule has 142 valence electrons. The molecule has 2 rings (SSSR count). The predicted molar refractivity (Wildman–Crippen MR) is 96.4 cm³/mol. The summed E-state index contributed by atoms with van der Waals surface area (Å²) in [6.07, 6.45) is -0.0843. The average molecular weight is 375 g/mol. The molecule has 0 bridgehead atoms. The Bertz CT molecular complexity index is 869. The summed E-state index contributed by atoms with van der Waals surface area (Å²) in [6.45, 7) is -0.0503. The highest BCUT2D eigenvalue weighted by Gasteiger charge is 2.15. The maximum atomic E-state index is 13.5. The number of amides is 3. The number of hydrogen-bond donors (Lipinski definition) is 2. The van der Waals surface area contributed by atoms with Crippen LogP contribution >= 0.6 is 0 Å². The van der Waals surface area contributed by atoms with Gasteiger partial charge in [0.05, 0.1) is 16.8 Å². The minimum absolute atomic E-state index is 0.0503. The Balaban J connectivity index is 1.92. The van der Waals surface area contributed by atoms with Crippen LogP contribution in [0.5, 0.6) is 0 Å². The van der Waals surface area contributed by atoms with Gasteiger partial charge < -0.3 is 15.5 Å². The zero-order chi connectivity index (χ0) is 20.0. The van der Waals surface area contributed by atoms with Gasteiger partial charge in [0.15, 0.2) is 0 Å². The van der Waals surface area contributed by atoms with Crippen LogP contribution in [0.4, 0.5) is 14.5 Å². The number of carbonyl (C=O) groups excluding carboxylic acids is 3. The van der Waals surface area contributed by atoms with E-state index in [2.05, 4.69) is 10.6 Å². The smallest absolute Gasteiger partial charge is 0.255 e. The standard InChI is InChI=1S/C19H19F2N3O3/c1-24(2)19(27)14-5-3-4-6-16(14)23-17(25)9-10-22-18(26)13-8-7-12(20)11-15(13)21/h3-8,11H,9-10H2,1-2H3,(H,22,26)(H,23,25). The molecule has 8 heteroatoms. The monoisotopic (exact) mass is 375 g/mol. The molecule has 3 amide bonds. The summed E-state index contributed by atoms with van der Waals surface area (Å²) in [7, 11) is 3.20. The summed E-state index contributed by atoms with van der Waals surface area (Å²) in [4.78, 5) is 37.5. The zero-order valence-corrected chi connectivity index (χ0v) is 14.9. The molecule has 0 aromatic heterocycles. The number of halogens is 2. The van der Waals surface area contributed by atoms with Crippen LogP contribution in [0.15, 0.2) is 42.5 Å². The predicted octanol–water partition coefficient (Wildman–Crippen LogP) is 2.43. The maximum Gasteiger partial charge on any atom is 0.255 e. The summed E-state index contributed by atoms with van der Waals surface area (Å²) >= 11 is 0. The third-order valence-corrected chi connectivity index (χ3v) is 3.65. The number of nitrogens with one attached hydrogen (secondary N) is 2. The summed E-state index contributed by atoms with van der Waals surface area (Å²) in [6, 6.07) is 9.18. The SMILES string of the molecule is CN(C)C(=O)c1ccccc1NC(=O)CCNC(=O)c1ccc(F)cc1F. The second-order valence-corrected chi connectivity index (χ2v) is 5.92. The van der Waals surface area contributed by atoms with E-state index in [1.54, 1.807) is 38.4 Å². The fraction of sp³-hybridized carbons (Fsp3) is 0.211. The van der Waals surface area contributed by atoms with Crippen LogP contribution in [-0.2, 0) is 4.79 Å². The molecule has 6 nitrogen and oxygen atoms in total. The number of para-hydroxylation sites is 1. The van der Waals surface area contributed by atoms with Crippen molar-refractivity contribution in [2.24, 2.45) is 0 Å². The van der Waals surface area contributed by atoms with E-state index >= 15 is 0 Å². The normalized spacial score (nSPS) is 10.2. The van der Waals surface area contributed by atoms with Crippen LogP contribution in [0, 0.1) is 11.6 Å². The lowest BCUT2D eigenvalue weighted by atomic mass is 10.1. The van der Waals surface area contributed by atoms with Crippen molar-refractivity contribution in [2.75, 3.05) is 26.0 Å². The molecule has 0 aliphatic carbocycles. The largest absolute Gasteiger partial charge is 0.351 e. The number of rotatable bonds is 6. The molecule has 0 aliphatic rings. The Labute approximate surface area is 155 Å². The third kappa shape index (κ3) is 5.34. The fourth-order valence-corrected chi connectivity index (χ4v) is 2.29. The van der Waals surface area contributed by atoms with Gasteiger partial charge in [0.2, 0.25) is 5.91 Å². The van der Waals surface area contributed by atoms with Crippen molar-refractivity contribution < 1.29 is 23.2 Å². The van der Waals surface area contributed by atoms with Crippen LogP contribution in [0.1, 0.15) is 27.1 Å². The van der Waals surface area contributed by atoms with Crippen LogP contribution in [-0.4, -0.2) is 43.3 Å². The first-order valence-electron chi connectivity index (χ1n) is 8.13. The minimum Gasteiger partial charge on any atom is -0.351 e. The Morgan fingerprint density at radius 1 is 1.00 bits per heavy atom. The number of carbonyl (C=O) groups is 3. The molecule has 0 saturated carbocycles. The van der Waals surface area contributed by atoms with Gasteiger partial charge in [-0.2, -0.15) is 0 Å². The van der Waals surface area contributed by atoms with Crippen molar-refractivity contribution in [3.63, 3.8) is 0 Å². The van der Waals surface area contributed by atoms with E-state index in [0.717, 1.165) is 12.1 Å². The molecule has 0 unspecified atom stereocenters.